The summed E-state index contributed by atoms with van der Waals surface area (Å²) >= 11 is 0. The fraction of sp³-hybridized carbons (Fsp3) is 0.174. The number of nitrogens with one attached hydrogen (secondary N) is 3. The fourth-order valence-corrected chi connectivity index (χ4v) is 2.92. The fourth-order valence-electron chi connectivity index (χ4n) is 2.92. The van der Waals surface area contributed by atoms with Crippen LogP contribution in [-0.4, -0.2) is 45.0 Å². The minimum Gasteiger partial charge on any atom is -0.496 e. The molecular weight excluding hydrogens is 414 g/mol. The highest BCUT2D eigenvalue weighted by Crippen LogP contribution is 2.29. The van der Waals surface area contributed by atoms with Gasteiger partial charge in [0.2, 0.25) is 0 Å². The van der Waals surface area contributed by atoms with Gasteiger partial charge in [-0.25, -0.2) is 0 Å². The van der Waals surface area contributed by atoms with Crippen LogP contribution in [-0.2, 0) is 0 Å². The van der Waals surface area contributed by atoms with Gasteiger partial charge in [-0.3, -0.25) is 14.4 Å². The molecule has 0 aliphatic rings. The van der Waals surface area contributed by atoms with Gasteiger partial charge in [-0.2, -0.15) is 0 Å². The molecule has 32 heavy (non-hydrogen) atoms. The topological polar surface area (TPSA) is 119 Å². The third kappa shape index (κ3) is 5.45. The Kier molecular flexibility index (Phi) is 7.47. The lowest BCUT2D eigenvalue weighted by Crippen LogP contribution is -2.34. The van der Waals surface area contributed by atoms with Crippen molar-refractivity contribution in [1.29, 1.82) is 0 Å². The lowest BCUT2D eigenvalue weighted by atomic mass is 10.1. The van der Waals surface area contributed by atoms with E-state index in [0.717, 1.165) is 0 Å². The van der Waals surface area contributed by atoms with Crippen LogP contribution in [0.4, 0.5) is 5.69 Å². The lowest BCUT2D eigenvalue weighted by molar-refractivity contribution is 0.0910. The number of carbonyl (C=O) groups is 3. The zero-order valence-electron chi connectivity index (χ0n) is 17.6. The summed E-state index contributed by atoms with van der Waals surface area (Å²) in [5.74, 6) is -0.0741. The summed E-state index contributed by atoms with van der Waals surface area (Å²) in [6, 6.07) is 14.7. The molecule has 0 spiro atoms. The molecule has 0 saturated carbocycles. The predicted molar refractivity (Wildman–Crippen MR) is 117 cm³/mol. The quantitative estimate of drug-likeness (QED) is 0.443. The van der Waals surface area contributed by atoms with Gasteiger partial charge in [0, 0.05) is 24.3 Å². The first-order chi connectivity index (χ1) is 15.5. The van der Waals surface area contributed by atoms with Crippen LogP contribution in [0.25, 0.3) is 0 Å². The maximum Gasteiger partial charge on any atom is 0.287 e. The van der Waals surface area contributed by atoms with Crippen molar-refractivity contribution in [1.82, 2.24) is 10.6 Å². The highest BCUT2D eigenvalue weighted by atomic mass is 16.5. The normalized spacial score (nSPS) is 10.2. The Morgan fingerprint density at radius 2 is 1.41 bits per heavy atom. The molecule has 0 aliphatic carbocycles. The molecule has 1 aromatic heterocycles. The highest BCUT2D eigenvalue weighted by molar-refractivity contribution is 6.08. The van der Waals surface area contributed by atoms with E-state index in [0.29, 0.717) is 22.7 Å². The van der Waals surface area contributed by atoms with Gasteiger partial charge in [0.05, 0.1) is 20.5 Å². The van der Waals surface area contributed by atoms with Crippen LogP contribution in [0.5, 0.6) is 11.5 Å². The Morgan fingerprint density at radius 3 is 1.97 bits per heavy atom. The van der Waals surface area contributed by atoms with Gasteiger partial charge >= 0.3 is 0 Å². The molecular formula is C23H23N3O6. The second-order valence-corrected chi connectivity index (χ2v) is 6.56. The minimum absolute atomic E-state index is 0.208. The lowest BCUT2D eigenvalue weighted by Gasteiger charge is -2.13. The molecule has 166 valence electrons. The number of benzene rings is 2. The summed E-state index contributed by atoms with van der Waals surface area (Å²) in [4.78, 5) is 36.8. The standard InChI is InChI=1S/C23H23N3O6/c1-30-17-5-3-6-18(31-2)20(17)23(29)26-16-10-8-15(9-11-16)21(27)24-12-13-25-22(28)19-7-4-14-32-19/h3-11,14H,12-13H2,1-2H3,(H,24,27)(H,25,28)(H,26,29). The average molecular weight is 437 g/mol. The second kappa shape index (κ2) is 10.7. The summed E-state index contributed by atoms with van der Waals surface area (Å²) < 4.78 is 15.5. The Morgan fingerprint density at radius 1 is 0.781 bits per heavy atom. The minimum atomic E-state index is -0.399. The predicted octanol–water partition coefficient (Wildman–Crippen LogP) is 2.71. The van der Waals surface area contributed by atoms with E-state index in [1.54, 1.807) is 54.6 Å². The molecule has 0 fully saturated rings. The number of furan rings is 1. The third-order valence-corrected chi connectivity index (χ3v) is 4.50. The second-order valence-electron chi connectivity index (χ2n) is 6.56. The van der Waals surface area contributed by atoms with E-state index in [2.05, 4.69) is 16.0 Å². The van der Waals surface area contributed by atoms with Crippen molar-refractivity contribution in [2.24, 2.45) is 0 Å². The van der Waals surface area contributed by atoms with Crippen molar-refractivity contribution in [2.45, 2.75) is 0 Å². The first-order valence-corrected chi connectivity index (χ1v) is 9.75. The monoisotopic (exact) mass is 437 g/mol. The zero-order valence-corrected chi connectivity index (χ0v) is 17.6. The van der Waals surface area contributed by atoms with Crippen molar-refractivity contribution in [3.8, 4) is 11.5 Å². The van der Waals surface area contributed by atoms with E-state index >= 15 is 0 Å². The van der Waals surface area contributed by atoms with E-state index in [4.69, 9.17) is 13.9 Å². The number of amides is 3. The number of anilines is 1. The van der Waals surface area contributed by atoms with Gasteiger partial charge < -0.3 is 29.8 Å². The molecule has 3 amide bonds. The van der Waals surface area contributed by atoms with Gasteiger partial charge in [0.15, 0.2) is 5.76 Å². The Bertz CT molecular complexity index is 1060. The first-order valence-electron chi connectivity index (χ1n) is 9.75. The van der Waals surface area contributed by atoms with E-state index in [9.17, 15) is 14.4 Å². The maximum atomic E-state index is 12.7. The van der Waals surface area contributed by atoms with Crippen LogP contribution >= 0.6 is 0 Å². The van der Waals surface area contributed by atoms with E-state index in [1.807, 2.05) is 0 Å². The van der Waals surface area contributed by atoms with Crippen molar-refractivity contribution < 1.29 is 28.3 Å². The number of methoxy groups -OCH3 is 2. The van der Waals surface area contributed by atoms with Gasteiger partial charge in [-0.1, -0.05) is 6.07 Å². The van der Waals surface area contributed by atoms with E-state index in [-0.39, 0.29) is 36.2 Å². The average Bonchev–Trinajstić information content (AvgIpc) is 3.36. The third-order valence-electron chi connectivity index (χ3n) is 4.50. The van der Waals surface area contributed by atoms with Gasteiger partial charge in [-0.15, -0.1) is 0 Å². The van der Waals surface area contributed by atoms with Crippen molar-refractivity contribution in [3.63, 3.8) is 0 Å². The van der Waals surface area contributed by atoms with Crippen molar-refractivity contribution in [3.05, 3.63) is 77.7 Å². The smallest absolute Gasteiger partial charge is 0.287 e. The molecule has 0 radical (unpaired) electrons. The van der Waals surface area contributed by atoms with Gasteiger partial charge in [-0.05, 0) is 48.5 Å². The van der Waals surface area contributed by atoms with Crippen LogP contribution < -0.4 is 25.4 Å². The molecule has 3 N–H and O–H groups in total. The molecule has 1 heterocycles. The number of hydrogen-bond donors (Lipinski definition) is 3. The maximum absolute atomic E-state index is 12.7. The van der Waals surface area contributed by atoms with Crippen molar-refractivity contribution in [2.75, 3.05) is 32.6 Å². The molecule has 0 bridgehead atoms. The molecule has 2 aromatic carbocycles. The Labute approximate surface area is 184 Å². The van der Waals surface area contributed by atoms with Crippen LogP contribution in [0.2, 0.25) is 0 Å². The van der Waals surface area contributed by atoms with Gasteiger partial charge in [0.25, 0.3) is 17.7 Å². The molecule has 3 rings (SSSR count). The molecule has 0 unspecified atom stereocenters. The van der Waals surface area contributed by atoms with Crippen LogP contribution in [0.15, 0.2) is 65.3 Å². The number of ether oxygens (including phenoxy) is 2. The summed E-state index contributed by atoms with van der Waals surface area (Å²) in [6.07, 6.45) is 1.41. The number of hydrogen-bond acceptors (Lipinski definition) is 6. The number of carbonyl (C=O) groups excluding carboxylic acids is 3. The zero-order chi connectivity index (χ0) is 22.9. The summed E-state index contributed by atoms with van der Waals surface area (Å²) in [5, 5.41) is 8.12. The summed E-state index contributed by atoms with van der Waals surface area (Å²) in [5.41, 5.74) is 1.19. The van der Waals surface area contributed by atoms with Crippen LogP contribution in [0.3, 0.4) is 0 Å². The first kappa shape index (κ1) is 22.4. The van der Waals surface area contributed by atoms with Crippen LogP contribution in [0, 0.1) is 0 Å². The molecule has 0 aliphatic heterocycles. The van der Waals surface area contributed by atoms with E-state index in [1.165, 1.54) is 20.5 Å². The molecule has 9 nitrogen and oxygen atoms in total. The van der Waals surface area contributed by atoms with Crippen LogP contribution in [0.1, 0.15) is 31.3 Å². The molecule has 0 saturated heterocycles. The molecule has 3 aromatic rings. The van der Waals surface area contributed by atoms with E-state index < -0.39 is 5.91 Å². The summed E-state index contributed by atoms with van der Waals surface area (Å²) in [6.45, 7) is 0.498. The SMILES string of the molecule is COc1cccc(OC)c1C(=O)Nc1ccc(C(=O)NCCNC(=O)c2ccco2)cc1. The highest BCUT2D eigenvalue weighted by Gasteiger charge is 2.18. The largest absolute Gasteiger partial charge is 0.496 e. The Hall–Kier alpha value is -4.27. The number of rotatable bonds is 9. The summed E-state index contributed by atoms with van der Waals surface area (Å²) in [7, 11) is 2.95. The van der Waals surface area contributed by atoms with Crippen molar-refractivity contribution >= 4 is 23.4 Å². The van der Waals surface area contributed by atoms with Gasteiger partial charge in [0.1, 0.15) is 17.1 Å². The molecule has 0 atom stereocenters. The molecule has 9 heteroatoms. The Balaban J connectivity index is 1.53.